The van der Waals surface area contributed by atoms with Crippen LogP contribution in [0.2, 0.25) is 0 Å². The molecule has 7 heteroatoms. The van der Waals surface area contributed by atoms with Crippen molar-refractivity contribution < 1.29 is 23.8 Å². The van der Waals surface area contributed by atoms with Crippen molar-refractivity contribution in [3.05, 3.63) is 95.0 Å². The molecule has 7 nitrogen and oxygen atoms in total. The van der Waals surface area contributed by atoms with Gasteiger partial charge < -0.3 is 24.1 Å². The van der Waals surface area contributed by atoms with Crippen LogP contribution in [-0.2, 0) is 16.2 Å². The molecule has 0 aliphatic carbocycles. The van der Waals surface area contributed by atoms with Crippen LogP contribution in [0, 0.1) is 6.92 Å². The van der Waals surface area contributed by atoms with Gasteiger partial charge in [0.1, 0.15) is 29.9 Å². The molecule has 4 rings (SSSR count). The van der Waals surface area contributed by atoms with Gasteiger partial charge in [-0.05, 0) is 75.9 Å². The lowest BCUT2D eigenvalue weighted by molar-refractivity contribution is -0.140. The molecule has 1 aliphatic heterocycles. The van der Waals surface area contributed by atoms with E-state index in [1.807, 2.05) is 44.1 Å². The van der Waals surface area contributed by atoms with Crippen LogP contribution < -0.4 is 4.74 Å². The van der Waals surface area contributed by atoms with Crippen molar-refractivity contribution in [3.8, 4) is 5.75 Å². The first kappa shape index (κ1) is 24.3. The Balaban J connectivity index is 1.58. The van der Waals surface area contributed by atoms with Crippen LogP contribution >= 0.6 is 0 Å². The Hall–Kier alpha value is -3.84. The minimum absolute atomic E-state index is 0.0308. The van der Waals surface area contributed by atoms with Crippen molar-refractivity contribution in [2.75, 3.05) is 27.2 Å². The standard InChI is InChI=1S/C28H30N2O5/c1-19-7-4-8-20(17-19)18-35-22-12-10-21(11-13-22)26(31)24-25(23-9-5-16-34-23)30(28(33)27(24)32)15-6-14-29(2)3/h4-5,7-13,16-17,25,31H,6,14-15,18H2,1-3H3/t25-/m0/s1. The minimum Gasteiger partial charge on any atom is -0.507 e. The number of furan rings is 1. The molecule has 0 unspecified atom stereocenters. The van der Waals surface area contributed by atoms with Gasteiger partial charge in [0.15, 0.2) is 0 Å². The number of likely N-dealkylation sites (tertiary alicyclic amines) is 1. The summed E-state index contributed by atoms with van der Waals surface area (Å²) in [7, 11) is 3.90. The number of nitrogens with zero attached hydrogens (tertiary/aromatic N) is 2. The molecule has 2 heterocycles. The van der Waals surface area contributed by atoms with Crippen LogP contribution in [0.25, 0.3) is 5.76 Å². The van der Waals surface area contributed by atoms with E-state index in [-0.39, 0.29) is 11.3 Å². The Morgan fingerprint density at radius 2 is 1.86 bits per heavy atom. The summed E-state index contributed by atoms with van der Waals surface area (Å²) >= 11 is 0. The molecule has 0 spiro atoms. The summed E-state index contributed by atoms with van der Waals surface area (Å²) in [6.07, 6.45) is 2.18. The van der Waals surface area contributed by atoms with Crippen LogP contribution in [0.1, 0.15) is 34.9 Å². The van der Waals surface area contributed by atoms with Crippen LogP contribution in [0.3, 0.4) is 0 Å². The molecular formula is C28H30N2O5. The number of ether oxygens (including phenoxy) is 1. The quantitative estimate of drug-likeness (QED) is 0.279. The number of carbonyl (C=O) groups excluding carboxylic acids is 2. The fraction of sp³-hybridized carbons (Fsp3) is 0.286. The first-order valence-electron chi connectivity index (χ1n) is 11.6. The third kappa shape index (κ3) is 5.46. The molecule has 3 aromatic rings. The molecule has 0 bridgehead atoms. The number of aryl methyl sites for hydroxylation is 1. The predicted molar refractivity (Wildman–Crippen MR) is 133 cm³/mol. The molecule has 1 N–H and O–H groups in total. The van der Waals surface area contributed by atoms with Gasteiger partial charge in [-0.3, -0.25) is 9.59 Å². The van der Waals surface area contributed by atoms with E-state index in [9.17, 15) is 14.7 Å². The highest BCUT2D eigenvalue weighted by Gasteiger charge is 2.47. The van der Waals surface area contributed by atoms with Gasteiger partial charge in [0, 0.05) is 12.1 Å². The zero-order chi connectivity index (χ0) is 24.9. The van der Waals surface area contributed by atoms with Crippen LogP contribution in [0.5, 0.6) is 5.75 Å². The van der Waals surface area contributed by atoms with Crippen molar-refractivity contribution in [1.82, 2.24) is 9.80 Å². The minimum atomic E-state index is -0.774. The monoisotopic (exact) mass is 474 g/mol. The van der Waals surface area contributed by atoms with Crippen LogP contribution in [-0.4, -0.2) is 53.8 Å². The molecule has 1 aliphatic rings. The van der Waals surface area contributed by atoms with Gasteiger partial charge in [0.25, 0.3) is 11.7 Å². The molecule has 1 amide bonds. The molecule has 1 atom stereocenters. The molecule has 1 fully saturated rings. The maximum Gasteiger partial charge on any atom is 0.295 e. The van der Waals surface area contributed by atoms with E-state index in [4.69, 9.17) is 9.15 Å². The third-order valence-electron chi connectivity index (χ3n) is 5.97. The van der Waals surface area contributed by atoms with Gasteiger partial charge in [0.05, 0.1) is 11.8 Å². The van der Waals surface area contributed by atoms with E-state index in [0.717, 1.165) is 17.7 Å². The lowest BCUT2D eigenvalue weighted by Gasteiger charge is -2.24. The van der Waals surface area contributed by atoms with Gasteiger partial charge >= 0.3 is 0 Å². The Morgan fingerprint density at radius 3 is 2.51 bits per heavy atom. The summed E-state index contributed by atoms with van der Waals surface area (Å²) in [5, 5.41) is 11.1. The summed E-state index contributed by atoms with van der Waals surface area (Å²) in [6, 6.07) is 17.6. The third-order valence-corrected chi connectivity index (χ3v) is 5.97. The largest absolute Gasteiger partial charge is 0.507 e. The van der Waals surface area contributed by atoms with E-state index in [1.165, 1.54) is 11.2 Å². The van der Waals surface area contributed by atoms with E-state index in [1.54, 1.807) is 36.4 Å². The van der Waals surface area contributed by atoms with Gasteiger partial charge in [0.2, 0.25) is 0 Å². The summed E-state index contributed by atoms with van der Waals surface area (Å²) in [4.78, 5) is 29.4. The number of benzene rings is 2. The van der Waals surface area contributed by atoms with E-state index >= 15 is 0 Å². The average molecular weight is 475 g/mol. The Labute approximate surface area is 205 Å². The number of ketones is 1. The SMILES string of the molecule is Cc1cccc(COc2ccc(C(O)=C3C(=O)C(=O)N(CCCN(C)C)[C@H]3c3ccco3)cc2)c1. The fourth-order valence-corrected chi connectivity index (χ4v) is 4.24. The van der Waals surface area contributed by atoms with Crippen LogP contribution in [0.15, 0.2) is 76.9 Å². The first-order chi connectivity index (χ1) is 16.8. The highest BCUT2D eigenvalue weighted by Crippen LogP contribution is 2.39. The topological polar surface area (TPSA) is 83.2 Å². The highest BCUT2D eigenvalue weighted by atomic mass is 16.5. The van der Waals surface area contributed by atoms with Crippen molar-refractivity contribution in [1.29, 1.82) is 0 Å². The highest BCUT2D eigenvalue weighted by molar-refractivity contribution is 6.46. The molecule has 1 aromatic heterocycles. The smallest absolute Gasteiger partial charge is 0.295 e. The summed E-state index contributed by atoms with van der Waals surface area (Å²) in [5.41, 5.74) is 2.68. The van der Waals surface area contributed by atoms with Crippen molar-refractivity contribution in [2.24, 2.45) is 0 Å². The number of aliphatic hydroxyl groups is 1. The number of aliphatic hydroxyl groups excluding tert-OH is 1. The molecule has 0 radical (unpaired) electrons. The Kier molecular flexibility index (Phi) is 7.36. The number of carbonyl (C=O) groups is 2. The fourth-order valence-electron chi connectivity index (χ4n) is 4.24. The normalized spacial score (nSPS) is 17.4. The van der Waals surface area contributed by atoms with Gasteiger partial charge in [-0.25, -0.2) is 0 Å². The van der Waals surface area contributed by atoms with Gasteiger partial charge in [-0.2, -0.15) is 0 Å². The van der Waals surface area contributed by atoms with E-state index in [2.05, 4.69) is 6.07 Å². The zero-order valence-electron chi connectivity index (χ0n) is 20.2. The maximum absolute atomic E-state index is 13.0. The molecule has 1 saturated heterocycles. The Morgan fingerprint density at radius 1 is 1.09 bits per heavy atom. The second-order valence-corrected chi connectivity index (χ2v) is 8.97. The second kappa shape index (κ2) is 10.6. The summed E-state index contributed by atoms with van der Waals surface area (Å²) < 4.78 is 11.4. The number of hydrogen-bond donors (Lipinski definition) is 1. The van der Waals surface area contributed by atoms with Gasteiger partial charge in [-0.15, -0.1) is 0 Å². The van der Waals surface area contributed by atoms with E-state index < -0.39 is 17.7 Å². The summed E-state index contributed by atoms with van der Waals surface area (Å²) in [5.74, 6) is -0.507. The van der Waals surface area contributed by atoms with E-state index in [0.29, 0.717) is 36.6 Å². The average Bonchev–Trinajstić information content (AvgIpc) is 3.45. The van der Waals surface area contributed by atoms with Crippen molar-refractivity contribution in [3.63, 3.8) is 0 Å². The lowest BCUT2D eigenvalue weighted by Crippen LogP contribution is -2.32. The molecule has 35 heavy (non-hydrogen) atoms. The lowest BCUT2D eigenvalue weighted by atomic mass is 9.99. The molecule has 2 aromatic carbocycles. The molecule has 182 valence electrons. The predicted octanol–water partition coefficient (Wildman–Crippen LogP) is 4.54. The number of rotatable bonds is 9. The first-order valence-corrected chi connectivity index (χ1v) is 11.6. The maximum atomic E-state index is 13.0. The zero-order valence-corrected chi connectivity index (χ0v) is 20.2. The summed E-state index contributed by atoms with van der Waals surface area (Å²) in [6.45, 7) is 3.58. The van der Waals surface area contributed by atoms with Crippen molar-refractivity contribution >= 4 is 17.4 Å². The van der Waals surface area contributed by atoms with Crippen molar-refractivity contribution in [2.45, 2.75) is 26.0 Å². The van der Waals surface area contributed by atoms with Crippen LogP contribution in [0.4, 0.5) is 0 Å². The second-order valence-electron chi connectivity index (χ2n) is 8.97. The van der Waals surface area contributed by atoms with Gasteiger partial charge in [-0.1, -0.05) is 29.8 Å². The molecule has 0 saturated carbocycles. The Bertz CT molecular complexity index is 1210. The number of Topliss-reactive ketones (excluding diaryl/α,β-unsaturated/α-hetero) is 1. The number of amides is 1. The molecular weight excluding hydrogens is 444 g/mol. The number of hydrogen-bond acceptors (Lipinski definition) is 6.